The fourth-order valence-corrected chi connectivity index (χ4v) is 4.74. The summed E-state index contributed by atoms with van der Waals surface area (Å²) < 4.78 is 4.94. The molecule has 0 saturated heterocycles. The molecule has 1 rings (SSSR count). The van der Waals surface area contributed by atoms with Gasteiger partial charge in [0, 0.05) is 5.57 Å². The molecule has 2 nitrogen and oxygen atoms in total. The molecule has 0 aliphatic carbocycles. The van der Waals surface area contributed by atoms with Crippen LogP contribution in [0.4, 0.5) is 0 Å². The number of carbonyl (C=O) groups excluding carboxylic acids is 1. The topological polar surface area (TPSA) is 26.3 Å². The number of carbonyl (C=O) groups is 1. The molecule has 3 heteroatoms. The molecule has 1 aromatic rings. The average molecular weight is 290 g/mol. The van der Waals surface area contributed by atoms with E-state index in [1.165, 1.54) is 12.3 Å². The van der Waals surface area contributed by atoms with Gasteiger partial charge in [0.25, 0.3) is 0 Å². The Morgan fingerprint density at radius 1 is 1.25 bits per heavy atom. The summed E-state index contributed by atoms with van der Waals surface area (Å²) in [7, 11) is -0.202. The van der Waals surface area contributed by atoms with Crippen molar-refractivity contribution in [2.75, 3.05) is 7.11 Å². The van der Waals surface area contributed by atoms with Gasteiger partial charge in [0.2, 0.25) is 0 Å². The number of benzene rings is 1. The lowest BCUT2D eigenvalue weighted by Gasteiger charge is -2.24. The largest absolute Gasteiger partial charge is 0.466 e. The van der Waals surface area contributed by atoms with Gasteiger partial charge in [-0.3, -0.25) is 0 Å². The third kappa shape index (κ3) is 4.97. The molecule has 0 spiro atoms. The molecule has 0 amide bonds. The van der Waals surface area contributed by atoms with E-state index in [1.54, 1.807) is 0 Å². The third-order valence-electron chi connectivity index (χ3n) is 3.47. The molecule has 0 radical (unpaired) electrons. The van der Waals surface area contributed by atoms with Crippen molar-refractivity contribution in [3.8, 4) is 0 Å². The quantitative estimate of drug-likeness (QED) is 0.453. The number of hydrogen-bond acceptors (Lipinski definition) is 2. The van der Waals surface area contributed by atoms with Crippen LogP contribution >= 0.6 is 0 Å². The van der Waals surface area contributed by atoms with Crippen molar-refractivity contribution in [3.05, 3.63) is 42.0 Å². The van der Waals surface area contributed by atoms with Gasteiger partial charge in [-0.15, -0.1) is 0 Å². The Morgan fingerprint density at radius 2 is 1.85 bits per heavy atom. The molecule has 0 saturated carbocycles. The summed E-state index contributed by atoms with van der Waals surface area (Å²) in [6.45, 7) is 8.92. The van der Waals surface area contributed by atoms with Crippen LogP contribution in [-0.2, 0) is 9.53 Å². The molecule has 0 aromatic heterocycles. The van der Waals surface area contributed by atoms with Gasteiger partial charge in [-0.1, -0.05) is 68.5 Å². The van der Waals surface area contributed by atoms with Crippen molar-refractivity contribution >= 4 is 19.2 Å². The lowest BCUT2D eigenvalue weighted by molar-refractivity contribution is -0.136. The zero-order valence-corrected chi connectivity index (χ0v) is 14.3. The smallest absolute Gasteiger partial charge is 0.333 e. The maximum atomic E-state index is 12.0. The molecule has 0 unspecified atom stereocenters. The second kappa shape index (κ2) is 7.43. The van der Waals surface area contributed by atoms with Crippen LogP contribution < -0.4 is 5.19 Å². The Labute approximate surface area is 123 Å². The minimum Gasteiger partial charge on any atom is -0.466 e. The van der Waals surface area contributed by atoms with Gasteiger partial charge in [0.15, 0.2) is 0 Å². The highest BCUT2D eigenvalue weighted by Gasteiger charge is 2.27. The van der Waals surface area contributed by atoms with Gasteiger partial charge in [-0.05, 0) is 18.4 Å². The van der Waals surface area contributed by atoms with Crippen LogP contribution in [0, 0.1) is 5.92 Å². The van der Waals surface area contributed by atoms with Gasteiger partial charge < -0.3 is 4.74 Å². The average Bonchev–Trinajstić information content (AvgIpc) is 2.43. The van der Waals surface area contributed by atoms with Crippen LogP contribution in [0.25, 0.3) is 0 Å². The van der Waals surface area contributed by atoms with E-state index in [1.807, 2.05) is 6.07 Å². The zero-order valence-electron chi connectivity index (χ0n) is 13.3. The summed E-state index contributed by atoms with van der Waals surface area (Å²) in [5.74, 6) is 0.373. The Morgan fingerprint density at radius 3 is 2.35 bits per heavy atom. The Hall–Kier alpha value is -1.35. The van der Waals surface area contributed by atoms with E-state index in [0.717, 1.165) is 18.0 Å². The summed E-state index contributed by atoms with van der Waals surface area (Å²) in [6.07, 6.45) is 2.98. The second-order valence-corrected chi connectivity index (χ2v) is 11.0. The van der Waals surface area contributed by atoms with Gasteiger partial charge >= 0.3 is 5.97 Å². The molecule has 0 aliphatic heterocycles. The molecular weight excluding hydrogens is 264 g/mol. The van der Waals surface area contributed by atoms with E-state index in [2.05, 4.69) is 57.3 Å². The minimum absolute atomic E-state index is 0.179. The van der Waals surface area contributed by atoms with Crippen LogP contribution in [0.15, 0.2) is 42.0 Å². The number of methoxy groups -OCH3 is 1. The SMILES string of the molecule is COC(=O)/C(=C\CC(C)C)C[Si](C)(C)c1ccccc1. The first-order valence-corrected chi connectivity index (χ1v) is 10.4. The van der Waals surface area contributed by atoms with E-state index in [-0.39, 0.29) is 5.97 Å². The van der Waals surface area contributed by atoms with E-state index in [4.69, 9.17) is 4.74 Å². The molecule has 20 heavy (non-hydrogen) atoms. The molecule has 1 aromatic carbocycles. The summed E-state index contributed by atoms with van der Waals surface area (Å²) >= 11 is 0. The maximum Gasteiger partial charge on any atom is 0.333 e. The molecule has 0 bridgehead atoms. The number of rotatable bonds is 6. The normalized spacial score (nSPS) is 12.6. The van der Waals surface area contributed by atoms with Crippen molar-refractivity contribution in [3.63, 3.8) is 0 Å². The van der Waals surface area contributed by atoms with Crippen molar-refractivity contribution in [1.82, 2.24) is 0 Å². The first-order valence-electron chi connectivity index (χ1n) is 7.19. The minimum atomic E-state index is -1.66. The summed E-state index contributed by atoms with van der Waals surface area (Å²) in [5.41, 5.74) is 0.835. The summed E-state index contributed by atoms with van der Waals surface area (Å²) in [5, 5.41) is 1.37. The number of ether oxygens (including phenoxy) is 1. The van der Waals surface area contributed by atoms with Crippen molar-refractivity contribution < 1.29 is 9.53 Å². The predicted octanol–water partition coefficient (Wildman–Crippen LogP) is 3.75. The van der Waals surface area contributed by atoms with Crippen LogP contribution in [0.1, 0.15) is 20.3 Å². The van der Waals surface area contributed by atoms with Crippen molar-refractivity contribution in [1.29, 1.82) is 0 Å². The molecule has 110 valence electrons. The maximum absolute atomic E-state index is 12.0. The molecule has 0 fully saturated rings. The molecular formula is C17H26O2Si. The molecule has 0 heterocycles. The van der Waals surface area contributed by atoms with E-state index < -0.39 is 8.07 Å². The highest BCUT2D eigenvalue weighted by atomic mass is 28.3. The Bertz CT molecular complexity index is 461. The Kier molecular flexibility index (Phi) is 6.21. The predicted molar refractivity (Wildman–Crippen MR) is 87.9 cm³/mol. The number of hydrogen-bond donors (Lipinski definition) is 0. The first kappa shape index (κ1) is 16.7. The third-order valence-corrected chi connectivity index (χ3v) is 6.63. The highest BCUT2D eigenvalue weighted by Crippen LogP contribution is 2.19. The van der Waals surface area contributed by atoms with Gasteiger partial charge in [0.05, 0.1) is 15.2 Å². The van der Waals surface area contributed by atoms with Crippen LogP contribution in [-0.4, -0.2) is 21.2 Å². The lowest BCUT2D eigenvalue weighted by Crippen LogP contribution is -2.42. The zero-order chi connectivity index (χ0) is 15.2. The second-order valence-electron chi connectivity index (χ2n) is 6.28. The van der Waals surface area contributed by atoms with Crippen LogP contribution in [0.3, 0.4) is 0 Å². The van der Waals surface area contributed by atoms with Crippen molar-refractivity contribution in [2.24, 2.45) is 5.92 Å². The van der Waals surface area contributed by atoms with E-state index in [9.17, 15) is 4.79 Å². The first-order chi connectivity index (χ1) is 9.36. The number of esters is 1. The number of allylic oxidation sites excluding steroid dienone is 1. The summed E-state index contributed by atoms with van der Waals surface area (Å²) in [4.78, 5) is 12.0. The van der Waals surface area contributed by atoms with E-state index in [0.29, 0.717) is 5.92 Å². The monoisotopic (exact) mass is 290 g/mol. The van der Waals surface area contributed by atoms with Gasteiger partial charge in [-0.2, -0.15) is 0 Å². The fourth-order valence-electron chi connectivity index (χ4n) is 2.20. The van der Waals surface area contributed by atoms with Gasteiger partial charge in [-0.25, -0.2) is 4.79 Å². The van der Waals surface area contributed by atoms with Crippen LogP contribution in [0.5, 0.6) is 0 Å². The van der Waals surface area contributed by atoms with Crippen molar-refractivity contribution in [2.45, 2.75) is 39.4 Å². The molecule has 0 aliphatic rings. The van der Waals surface area contributed by atoms with Crippen LogP contribution in [0.2, 0.25) is 19.1 Å². The standard InChI is InChI=1S/C17H26O2Si/c1-14(2)11-12-15(17(18)19-3)13-20(4,5)16-9-7-6-8-10-16/h6-10,12,14H,11,13H2,1-5H3/b15-12-. The lowest BCUT2D eigenvalue weighted by atomic mass is 10.1. The summed E-state index contributed by atoms with van der Waals surface area (Å²) in [6, 6.07) is 11.3. The van der Waals surface area contributed by atoms with Gasteiger partial charge in [0.1, 0.15) is 0 Å². The fraction of sp³-hybridized carbons (Fsp3) is 0.471. The van der Waals surface area contributed by atoms with E-state index >= 15 is 0 Å². The highest BCUT2D eigenvalue weighted by molar-refractivity contribution is 6.90. The molecule has 0 atom stereocenters. The Balaban J connectivity index is 2.94. The molecule has 0 N–H and O–H groups in total.